The number of carbonyl (C=O) groups is 2. The Morgan fingerprint density at radius 3 is 2.50 bits per heavy atom. The lowest BCUT2D eigenvalue weighted by Crippen LogP contribution is -2.35. The fraction of sp³-hybridized carbons (Fsp3) is 0.846. The number of fused-ring (bicyclic) bond motifs is 2. The van der Waals surface area contributed by atoms with Crippen LogP contribution in [0.1, 0.15) is 33.1 Å². The van der Waals surface area contributed by atoms with Gasteiger partial charge in [0.15, 0.2) is 6.79 Å². The first kappa shape index (κ1) is 13.3. The normalized spacial score (nSPS) is 33.4. The molecular formula is C13H20O5. The van der Waals surface area contributed by atoms with Crippen molar-refractivity contribution in [3.8, 4) is 0 Å². The summed E-state index contributed by atoms with van der Waals surface area (Å²) in [7, 11) is 0. The van der Waals surface area contributed by atoms with E-state index in [4.69, 9.17) is 14.2 Å². The van der Waals surface area contributed by atoms with Crippen LogP contribution in [0.2, 0.25) is 0 Å². The second kappa shape index (κ2) is 5.69. The molecule has 0 N–H and O–H groups in total. The molecule has 0 aromatic carbocycles. The molecule has 2 fully saturated rings. The predicted molar refractivity (Wildman–Crippen MR) is 62.5 cm³/mol. The van der Waals surface area contributed by atoms with Crippen LogP contribution >= 0.6 is 0 Å². The molecule has 0 heterocycles. The molecule has 0 aliphatic heterocycles. The van der Waals surface area contributed by atoms with Crippen molar-refractivity contribution in [3.63, 3.8) is 0 Å². The molecular weight excluding hydrogens is 236 g/mol. The molecule has 2 aliphatic carbocycles. The number of hydrogen-bond donors (Lipinski definition) is 0. The minimum absolute atomic E-state index is 0.0152. The Labute approximate surface area is 107 Å². The Morgan fingerprint density at radius 1 is 1.11 bits per heavy atom. The maximum absolute atomic E-state index is 11.1. The Kier molecular flexibility index (Phi) is 4.22. The van der Waals surface area contributed by atoms with E-state index in [2.05, 4.69) is 0 Å². The third-order valence-electron chi connectivity index (χ3n) is 3.96. The zero-order valence-corrected chi connectivity index (χ0v) is 10.9. The summed E-state index contributed by atoms with van der Waals surface area (Å²) in [6.07, 6.45) is 3.44. The van der Waals surface area contributed by atoms with Crippen molar-refractivity contribution in [3.05, 3.63) is 0 Å². The van der Waals surface area contributed by atoms with Crippen molar-refractivity contribution in [2.24, 2.45) is 17.8 Å². The van der Waals surface area contributed by atoms with Crippen LogP contribution in [-0.2, 0) is 23.8 Å². The highest BCUT2D eigenvalue weighted by atomic mass is 16.7. The second-order valence-electron chi connectivity index (χ2n) is 5.20. The van der Waals surface area contributed by atoms with Crippen LogP contribution < -0.4 is 0 Å². The molecule has 2 saturated carbocycles. The highest BCUT2D eigenvalue weighted by molar-refractivity contribution is 5.66. The van der Waals surface area contributed by atoms with E-state index in [1.807, 2.05) is 0 Å². The van der Waals surface area contributed by atoms with Crippen molar-refractivity contribution >= 4 is 11.9 Å². The molecule has 2 rings (SSSR count). The third-order valence-corrected chi connectivity index (χ3v) is 3.96. The topological polar surface area (TPSA) is 61.8 Å². The van der Waals surface area contributed by atoms with Gasteiger partial charge >= 0.3 is 11.9 Å². The first-order chi connectivity index (χ1) is 8.58. The summed E-state index contributed by atoms with van der Waals surface area (Å²) in [6.45, 7) is 3.27. The van der Waals surface area contributed by atoms with Gasteiger partial charge in [0.25, 0.3) is 0 Å². The van der Waals surface area contributed by atoms with E-state index in [0.717, 1.165) is 12.8 Å². The lowest BCUT2D eigenvalue weighted by atomic mass is 9.87. The van der Waals surface area contributed by atoms with Crippen LogP contribution in [0, 0.1) is 17.8 Å². The van der Waals surface area contributed by atoms with Crippen molar-refractivity contribution in [1.29, 1.82) is 0 Å². The summed E-state index contributed by atoms with van der Waals surface area (Å²) >= 11 is 0. The SMILES string of the molecule is CC(=O)OCOC[C@@H]1[C@@H]2CC[C@@H](C2)[C@@H]1OC(C)=O. The molecule has 0 radical (unpaired) electrons. The molecule has 0 amide bonds. The van der Waals surface area contributed by atoms with E-state index >= 15 is 0 Å². The van der Waals surface area contributed by atoms with Crippen LogP contribution in [0.25, 0.3) is 0 Å². The number of carbonyl (C=O) groups excluding carboxylic acids is 2. The minimum atomic E-state index is -0.348. The smallest absolute Gasteiger partial charge is 0.304 e. The minimum Gasteiger partial charge on any atom is -0.462 e. The van der Waals surface area contributed by atoms with Crippen molar-refractivity contribution in [2.45, 2.75) is 39.2 Å². The summed E-state index contributed by atoms with van der Waals surface area (Å²) in [5.41, 5.74) is 0. The molecule has 2 aliphatic rings. The first-order valence-corrected chi connectivity index (χ1v) is 6.46. The Hall–Kier alpha value is -1.10. The van der Waals surface area contributed by atoms with Gasteiger partial charge in [0, 0.05) is 19.8 Å². The third kappa shape index (κ3) is 3.02. The van der Waals surface area contributed by atoms with Crippen molar-refractivity contribution in [2.75, 3.05) is 13.4 Å². The van der Waals surface area contributed by atoms with Gasteiger partial charge in [0.1, 0.15) is 6.10 Å². The number of rotatable bonds is 5. The first-order valence-electron chi connectivity index (χ1n) is 6.46. The quantitative estimate of drug-likeness (QED) is 0.424. The van der Waals surface area contributed by atoms with Crippen LogP contribution in [-0.4, -0.2) is 31.4 Å². The van der Waals surface area contributed by atoms with Gasteiger partial charge in [-0.25, -0.2) is 0 Å². The van der Waals surface area contributed by atoms with Crippen molar-refractivity contribution < 1.29 is 23.8 Å². The van der Waals surface area contributed by atoms with Crippen LogP contribution in [0.5, 0.6) is 0 Å². The highest BCUT2D eigenvalue weighted by Gasteiger charge is 2.49. The number of esters is 2. The van der Waals surface area contributed by atoms with Gasteiger partial charge in [0.05, 0.1) is 6.61 Å². The van der Waals surface area contributed by atoms with Gasteiger partial charge in [-0.15, -0.1) is 0 Å². The summed E-state index contributed by atoms with van der Waals surface area (Å²) in [5.74, 6) is 0.748. The fourth-order valence-corrected chi connectivity index (χ4v) is 3.27. The summed E-state index contributed by atoms with van der Waals surface area (Å²) in [5, 5.41) is 0. The van der Waals surface area contributed by atoms with Gasteiger partial charge in [-0.1, -0.05) is 0 Å². The van der Waals surface area contributed by atoms with E-state index in [1.54, 1.807) is 0 Å². The maximum atomic E-state index is 11.1. The van der Waals surface area contributed by atoms with E-state index in [9.17, 15) is 9.59 Å². The molecule has 4 atom stereocenters. The maximum Gasteiger partial charge on any atom is 0.304 e. The van der Waals surface area contributed by atoms with E-state index in [0.29, 0.717) is 18.4 Å². The van der Waals surface area contributed by atoms with Gasteiger partial charge in [-0.2, -0.15) is 0 Å². The lowest BCUT2D eigenvalue weighted by Gasteiger charge is -2.30. The zero-order chi connectivity index (χ0) is 13.1. The van der Waals surface area contributed by atoms with Gasteiger partial charge in [0.2, 0.25) is 0 Å². The van der Waals surface area contributed by atoms with E-state index < -0.39 is 0 Å². The predicted octanol–water partition coefficient (Wildman–Crippen LogP) is 1.50. The molecule has 0 saturated heterocycles. The molecule has 0 spiro atoms. The average Bonchev–Trinajstić information content (AvgIpc) is 2.85. The lowest BCUT2D eigenvalue weighted by molar-refractivity contribution is -0.160. The molecule has 0 aromatic heterocycles. The summed E-state index contributed by atoms with van der Waals surface area (Å²) in [6, 6.07) is 0. The van der Waals surface area contributed by atoms with E-state index in [1.165, 1.54) is 20.3 Å². The summed E-state index contributed by atoms with van der Waals surface area (Å²) in [4.78, 5) is 21.7. The Bertz CT molecular complexity index is 327. The highest BCUT2D eigenvalue weighted by Crippen LogP contribution is 2.49. The van der Waals surface area contributed by atoms with Gasteiger partial charge in [-0.3, -0.25) is 9.59 Å². The van der Waals surface area contributed by atoms with E-state index in [-0.39, 0.29) is 30.8 Å². The van der Waals surface area contributed by atoms with Gasteiger partial charge in [-0.05, 0) is 31.1 Å². The van der Waals surface area contributed by atoms with Crippen LogP contribution in [0.15, 0.2) is 0 Å². The number of hydrogen-bond acceptors (Lipinski definition) is 5. The molecule has 102 valence electrons. The molecule has 18 heavy (non-hydrogen) atoms. The second-order valence-corrected chi connectivity index (χ2v) is 5.20. The molecule has 5 nitrogen and oxygen atoms in total. The monoisotopic (exact) mass is 256 g/mol. The fourth-order valence-electron chi connectivity index (χ4n) is 3.27. The molecule has 2 bridgehead atoms. The molecule has 0 aromatic rings. The summed E-state index contributed by atoms with van der Waals surface area (Å²) < 4.78 is 15.5. The van der Waals surface area contributed by atoms with Crippen LogP contribution in [0.4, 0.5) is 0 Å². The Balaban J connectivity index is 1.81. The Morgan fingerprint density at radius 2 is 1.83 bits per heavy atom. The molecule has 5 heteroatoms. The zero-order valence-electron chi connectivity index (χ0n) is 10.9. The van der Waals surface area contributed by atoms with Crippen molar-refractivity contribution in [1.82, 2.24) is 0 Å². The van der Waals surface area contributed by atoms with Crippen LogP contribution in [0.3, 0.4) is 0 Å². The number of ether oxygens (including phenoxy) is 3. The largest absolute Gasteiger partial charge is 0.462 e. The standard InChI is InChI=1S/C13H20O5/c1-8(14)17-7-16-6-12-10-3-4-11(5-10)13(12)18-9(2)15/h10-13H,3-7H2,1-2H3/t10-,11+,12-,13+/m1/s1. The van der Waals surface area contributed by atoms with Gasteiger partial charge < -0.3 is 14.2 Å². The average molecular weight is 256 g/mol. The molecule has 0 unspecified atom stereocenters.